The van der Waals surface area contributed by atoms with E-state index in [-0.39, 0.29) is 24.2 Å². The van der Waals surface area contributed by atoms with Gasteiger partial charge in [0.15, 0.2) is 0 Å². The van der Waals surface area contributed by atoms with Crippen LogP contribution in [0.2, 0.25) is 5.02 Å². The first-order chi connectivity index (χ1) is 16.4. The predicted molar refractivity (Wildman–Crippen MR) is 132 cm³/mol. The third-order valence-electron chi connectivity index (χ3n) is 6.06. The number of aromatic nitrogens is 2. The molecule has 4 rings (SSSR count). The lowest BCUT2D eigenvalue weighted by Crippen LogP contribution is -2.37. The fourth-order valence-electron chi connectivity index (χ4n) is 4.26. The van der Waals surface area contributed by atoms with Gasteiger partial charge in [0.2, 0.25) is 5.91 Å². The van der Waals surface area contributed by atoms with E-state index < -0.39 is 0 Å². The van der Waals surface area contributed by atoms with Crippen LogP contribution in [0.4, 0.5) is 0 Å². The number of imidazole rings is 1. The Morgan fingerprint density at radius 2 is 1.88 bits per heavy atom. The number of carbonyl (C=O) groups is 1. The van der Waals surface area contributed by atoms with E-state index in [0.29, 0.717) is 30.0 Å². The van der Waals surface area contributed by atoms with Crippen LogP contribution in [-0.4, -0.2) is 40.3 Å². The Morgan fingerprint density at radius 1 is 1.18 bits per heavy atom. The highest BCUT2D eigenvalue weighted by Gasteiger charge is 2.25. The van der Waals surface area contributed by atoms with Gasteiger partial charge in [-0.1, -0.05) is 41.9 Å². The fourth-order valence-corrected chi connectivity index (χ4v) is 4.47. The number of hydrogen-bond donors (Lipinski definition) is 1. The van der Waals surface area contributed by atoms with E-state index in [0.717, 1.165) is 42.3 Å². The average Bonchev–Trinajstić information content (AvgIpc) is 3.11. The van der Waals surface area contributed by atoms with Gasteiger partial charge in [0.05, 0.1) is 28.8 Å². The SMILES string of the molecule is CC(=O)N[C@@H](C)COC1CCC(Oc2nc3cc(Cl)c(OCc4ccccc4)cc3n2C)CC1. The molecule has 1 N–H and O–H groups in total. The highest BCUT2D eigenvalue weighted by Crippen LogP contribution is 2.33. The molecule has 8 heteroatoms. The van der Waals surface area contributed by atoms with Crippen LogP contribution in [0.5, 0.6) is 11.8 Å². The molecule has 0 spiro atoms. The lowest BCUT2D eigenvalue weighted by molar-refractivity contribution is -0.120. The second-order valence-corrected chi connectivity index (χ2v) is 9.36. The van der Waals surface area contributed by atoms with Gasteiger partial charge in [0.1, 0.15) is 18.5 Å². The number of halogens is 1. The molecular formula is C26H32ClN3O4. The monoisotopic (exact) mass is 485 g/mol. The Bertz CT molecular complexity index is 1110. The zero-order chi connectivity index (χ0) is 24.1. The molecular weight excluding hydrogens is 454 g/mol. The van der Waals surface area contributed by atoms with Crippen molar-refractivity contribution >= 4 is 28.5 Å². The molecule has 182 valence electrons. The summed E-state index contributed by atoms with van der Waals surface area (Å²) < 4.78 is 20.1. The number of aryl methyl sites for hydroxylation is 1. The van der Waals surface area contributed by atoms with E-state index in [9.17, 15) is 4.79 Å². The minimum atomic E-state index is -0.0353. The van der Waals surface area contributed by atoms with E-state index in [1.807, 2.05) is 61.0 Å². The van der Waals surface area contributed by atoms with E-state index in [1.54, 1.807) is 0 Å². The summed E-state index contributed by atoms with van der Waals surface area (Å²) in [5.74, 6) is 0.588. The van der Waals surface area contributed by atoms with Crippen LogP contribution in [0.25, 0.3) is 11.0 Å². The minimum absolute atomic E-state index is 0.0138. The molecule has 1 aliphatic carbocycles. The van der Waals surface area contributed by atoms with Crippen molar-refractivity contribution in [3.8, 4) is 11.8 Å². The molecule has 1 saturated carbocycles. The summed E-state index contributed by atoms with van der Waals surface area (Å²) in [6.07, 6.45) is 3.92. The van der Waals surface area contributed by atoms with Crippen LogP contribution in [0, 0.1) is 0 Å². The molecule has 34 heavy (non-hydrogen) atoms. The number of nitrogens with zero attached hydrogens (tertiary/aromatic N) is 2. The van der Waals surface area contributed by atoms with Gasteiger partial charge in [0, 0.05) is 26.1 Å². The lowest BCUT2D eigenvalue weighted by atomic mass is 9.95. The molecule has 1 amide bonds. The molecule has 2 aromatic carbocycles. The van der Waals surface area contributed by atoms with E-state index in [4.69, 9.17) is 25.8 Å². The molecule has 1 atom stereocenters. The second kappa shape index (κ2) is 11.1. The van der Waals surface area contributed by atoms with E-state index >= 15 is 0 Å². The van der Waals surface area contributed by atoms with Crippen LogP contribution < -0.4 is 14.8 Å². The Kier molecular flexibility index (Phi) is 7.95. The smallest absolute Gasteiger partial charge is 0.297 e. The molecule has 0 saturated heterocycles. The van der Waals surface area contributed by atoms with Gasteiger partial charge in [-0.3, -0.25) is 9.36 Å². The molecule has 7 nitrogen and oxygen atoms in total. The first-order valence-corrected chi connectivity index (χ1v) is 12.1. The van der Waals surface area contributed by atoms with Crippen molar-refractivity contribution in [2.75, 3.05) is 6.61 Å². The van der Waals surface area contributed by atoms with Gasteiger partial charge in [0.25, 0.3) is 6.01 Å². The Morgan fingerprint density at radius 3 is 2.59 bits per heavy atom. The van der Waals surface area contributed by atoms with Gasteiger partial charge in [-0.2, -0.15) is 4.98 Å². The van der Waals surface area contributed by atoms with Crippen molar-refractivity contribution in [1.82, 2.24) is 14.9 Å². The number of ether oxygens (including phenoxy) is 3. The molecule has 3 aromatic rings. The summed E-state index contributed by atoms with van der Waals surface area (Å²) in [5.41, 5.74) is 2.77. The summed E-state index contributed by atoms with van der Waals surface area (Å²) in [6.45, 7) is 4.44. The quantitative estimate of drug-likeness (QED) is 0.459. The molecule has 0 bridgehead atoms. The number of nitrogens with one attached hydrogen (secondary N) is 1. The van der Waals surface area contributed by atoms with Crippen molar-refractivity contribution in [3.05, 3.63) is 53.1 Å². The molecule has 0 radical (unpaired) electrons. The summed E-state index contributed by atoms with van der Waals surface area (Å²) >= 11 is 6.47. The van der Waals surface area contributed by atoms with Crippen LogP contribution in [-0.2, 0) is 23.2 Å². The van der Waals surface area contributed by atoms with Gasteiger partial charge in [-0.25, -0.2) is 0 Å². The van der Waals surface area contributed by atoms with Crippen LogP contribution in [0.1, 0.15) is 45.1 Å². The standard InChI is InChI=1S/C26H32ClN3O4/c1-17(28-18(2)31)15-32-20-9-11-21(12-10-20)34-26-29-23-13-22(27)25(14-24(23)30(26)3)33-16-19-7-5-4-6-8-19/h4-8,13-14,17,20-21H,9-12,15-16H2,1-3H3,(H,28,31)/t17-,20?,21?/m0/s1. The lowest BCUT2D eigenvalue weighted by Gasteiger charge is -2.29. The van der Waals surface area contributed by atoms with Gasteiger partial charge in [-0.05, 0) is 44.2 Å². The largest absolute Gasteiger partial charge is 0.487 e. The zero-order valence-electron chi connectivity index (χ0n) is 19.9. The fraction of sp³-hybridized carbons (Fsp3) is 0.462. The zero-order valence-corrected chi connectivity index (χ0v) is 20.7. The summed E-state index contributed by atoms with van der Waals surface area (Å²) in [5, 5.41) is 3.38. The molecule has 1 fully saturated rings. The van der Waals surface area contributed by atoms with Gasteiger partial charge >= 0.3 is 0 Å². The molecule has 1 aromatic heterocycles. The summed E-state index contributed by atoms with van der Waals surface area (Å²) in [6, 6.07) is 14.3. The van der Waals surface area contributed by atoms with Crippen LogP contribution in [0.15, 0.2) is 42.5 Å². The number of hydrogen-bond acceptors (Lipinski definition) is 5. The minimum Gasteiger partial charge on any atom is -0.487 e. The predicted octanol–water partition coefficient (Wildman–Crippen LogP) is 5.04. The first-order valence-electron chi connectivity index (χ1n) is 11.8. The van der Waals surface area contributed by atoms with Crippen LogP contribution in [0.3, 0.4) is 0 Å². The normalized spacial score (nSPS) is 19.1. The van der Waals surface area contributed by atoms with Crippen molar-refractivity contribution in [2.24, 2.45) is 7.05 Å². The Hall–Kier alpha value is -2.77. The Balaban J connectivity index is 1.34. The number of rotatable bonds is 9. The molecule has 0 aliphatic heterocycles. The molecule has 1 aliphatic rings. The maximum Gasteiger partial charge on any atom is 0.297 e. The van der Waals surface area contributed by atoms with E-state index in [1.165, 1.54) is 6.92 Å². The summed E-state index contributed by atoms with van der Waals surface area (Å²) in [7, 11) is 1.94. The van der Waals surface area contributed by atoms with Crippen molar-refractivity contribution < 1.29 is 19.0 Å². The molecule has 1 heterocycles. The highest BCUT2D eigenvalue weighted by molar-refractivity contribution is 6.32. The Labute approximate surface area is 205 Å². The van der Waals surface area contributed by atoms with Crippen molar-refractivity contribution in [3.63, 3.8) is 0 Å². The van der Waals surface area contributed by atoms with Gasteiger partial charge < -0.3 is 19.5 Å². The summed E-state index contributed by atoms with van der Waals surface area (Å²) in [4.78, 5) is 15.8. The average molecular weight is 486 g/mol. The highest BCUT2D eigenvalue weighted by atomic mass is 35.5. The second-order valence-electron chi connectivity index (χ2n) is 8.95. The number of benzene rings is 2. The molecule has 0 unspecified atom stereocenters. The number of fused-ring (bicyclic) bond motifs is 1. The third-order valence-corrected chi connectivity index (χ3v) is 6.35. The van der Waals surface area contributed by atoms with Crippen molar-refractivity contribution in [1.29, 1.82) is 0 Å². The third kappa shape index (κ3) is 6.21. The number of amides is 1. The maximum absolute atomic E-state index is 11.1. The maximum atomic E-state index is 11.1. The van der Waals surface area contributed by atoms with E-state index in [2.05, 4.69) is 10.3 Å². The van der Waals surface area contributed by atoms with Crippen LogP contribution >= 0.6 is 11.6 Å². The number of carbonyl (C=O) groups excluding carboxylic acids is 1. The topological polar surface area (TPSA) is 74.6 Å². The van der Waals surface area contributed by atoms with Crippen molar-refractivity contribution in [2.45, 2.75) is 64.4 Å². The first kappa shape index (κ1) is 24.4. The van der Waals surface area contributed by atoms with Gasteiger partial charge in [-0.15, -0.1) is 0 Å².